The topological polar surface area (TPSA) is 73.4 Å². The Morgan fingerprint density at radius 3 is 2.68 bits per heavy atom. The fraction of sp³-hybridized carbons (Fsp3) is 0.440. The second kappa shape index (κ2) is 8.71. The third-order valence-electron chi connectivity index (χ3n) is 6.85. The summed E-state index contributed by atoms with van der Waals surface area (Å²) in [5.41, 5.74) is 10.8. The lowest BCUT2D eigenvalue weighted by Crippen LogP contribution is -2.40. The summed E-state index contributed by atoms with van der Waals surface area (Å²) in [5.74, 6) is 1.27. The molecular formula is C25H30N4O2. The number of nitrogens with two attached hydrogens (primary N) is 1. The normalized spacial score (nSPS) is 22.0. The Morgan fingerprint density at radius 1 is 1.10 bits per heavy atom. The second-order valence-electron chi connectivity index (χ2n) is 8.86. The van der Waals surface area contributed by atoms with E-state index < -0.39 is 0 Å². The molecule has 1 aliphatic carbocycles. The first-order chi connectivity index (χ1) is 15.2. The molecule has 6 heteroatoms. The number of carbonyl (C=O) groups excluding carboxylic acids is 1. The average Bonchev–Trinajstić information content (AvgIpc) is 3.18. The smallest absolute Gasteiger partial charge is 0.257 e. The van der Waals surface area contributed by atoms with Crippen LogP contribution in [0, 0.1) is 5.92 Å². The van der Waals surface area contributed by atoms with Gasteiger partial charge in [-0.25, -0.2) is 0 Å². The lowest BCUT2D eigenvalue weighted by Gasteiger charge is -2.29. The van der Waals surface area contributed by atoms with E-state index in [1.54, 1.807) is 6.20 Å². The first kappa shape index (κ1) is 20.1. The van der Waals surface area contributed by atoms with Crippen LogP contribution in [0.3, 0.4) is 0 Å². The van der Waals surface area contributed by atoms with E-state index in [1.165, 1.54) is 31.2 Å². The summed E-state index contributed by atoms with van der Waals surface area (Å²) in [7, 11) is 0. The maximum Gasteiger partial charge on any atom is 0.257 e. The molecule has 1 saturated carbocycles. The number of carbonyl (C=O) groups is 1. The third-order valence-corrected chi connectivity index (χ3v) is 6.85. The number of amides is 1. The predicted octanol–water partition coefficient (Wildman–Crippen LogP) is 4.06. The highest BCUT2D eigenvalue weighted by molar-refractivity contribution is 6.05. The Morgan fingerprint density at radius 2 is 1.90 bits per heavy atom. The van der Waals surface area contributed by atoms with Gasteiger partial charge in [0.25, 0.3) is 5.91 Å². The van der Waals surface area contributed by atoms with Crippen LogP contribution in [0.2, 0.25) is 0 Å². The van der Waals surface area contributed by atoms with Crippen molar-refractivity contribution in [3.63, 3.8) is 0 Å². The van der Waals surface area contributed by atoms with Crippen molar-refractivity contribution in [3.05, 3.63) is 59.9 Å². The fourth-order valence-electron chi connectivity index (χ4n) is 5.14. The average molecular weight is 419 g/mol. The van der Waals surface area contributed by atoms with Gasteiger partial charge in [-0.05, 0) is 67.3 Å². The molecule has 162 valence electrons. The Balaban J connectivity index is 1.31. The molecule has 6 nitrogen and oxygen atoms in total. The number of nitrogens with zero attached hydrogens (tertiary/aromatic N) is 3. The number of nitrogen functional groups attached to an aromatic ring is 1. The summed E-state index contributed by atoms with van der Waals surface area (Å²) in [5, 5.41) is 0. The number of fused-ring (bicyclic) bond motifs is 1. The number of pyridine rings is 1. The molecule has 31 heavy (non-hydrogen) atoms. The first-order valence-corrected chi connectivity index (χ1v) is 11.4. The van der Waals surface area contributed by atoms with E-state index in [1.807, 2.05) is 23.2 Å². The van der Waals surface area contributed by atoms with Gasteiger partial charge in [0.05, 0.1) is 24.3 Å². The minimum atomic E-state index is 0.0659. The number of hydrogen-bond donors (Lipinski definition) is 1. The van der Waals surface area contributed by atoms with Crippen molar-refractivity contribution < 1.29 is 9.53 Å². The third kappa shape index (κ3) is 4.17. The molecule has 2 aliphatic rings. The summed E-state index contributed by atoms with van der Waals surface area (Å²) >= 11 is 0. The molecule has 1 aliphatic heterocycles. The molecule has 0 atom stereocenters. The molecule has 0 radical (unpaired) electrons. The van der Waals surface area contributed by atoms with Crippen LogP contribution in [0.4, 0.5) is 5.69 Å². The van der Waals surface area contributed by atoms with E-state index in [4.69, 9.17) is 10.5 Å². The van der Waals surface area contributed by atoms with Crippen molar-refractivity contribution in [2.24, 2.45) is 5.92 Å². The molecular weight excluding hydrogens is 388 g/mol. The summed E-state index contributed by atoms with van der Waals surface area (Å²) < 4.78 is 7.66. The van der Waals surface area contributed by atoms with Gasteiger partial charge in [-0.1, -0.05) is 12.1 Å². The van der Waals surface area contributed by atoms with Gasteiger partial charge in [-0.2, -0.15) is 0 Å². The molecule has 0 bridgehead atoms. The summed E-state index contributed by atoms with van der Waals surface area (Å²) in [6, 6.07) is 12.4. The number of benzene rings is 1. The predicted molar refractivity (Wildman–Crippen MR) is 122 cm³/mol. The van der Waals surface area contributed by atoms with E-state index in [-0.39, 0.29) is 5.91 Å². The van der Waals surface area contributed by atoms with Gasteiger partial charge in [-0.15, -0.1) is 0 Å². The summed E-state index contributed by atoms with van der Waals surface area (Å²) in [6.07, 6.45) is 8.55. The molecule has 3 aromatic rings. The molecule has 1 amide bonds. The van der Waals surface area contributed by atoms with Crippen molar-refractivity contribution in [3.8, 4) is 0 Å². The van der Waals surface area contributed by atoms with Gasteiger partial charge < -0.3 is 19.9 Å². The van der Waals surface area contributed by atoms with Gasteiger partial charge in [0.15, 0.2) is 0 Å². The number of morpholine rings is 1. The van der Waals surface area contributed by atoms with Crippen molar-refractivity contribution in [2.75, 3.05) is 32.0 Å². The van der Waals surface area contributed by atoms with Crippen LogP contribution >= 0.6 is 0 Å². The molecule has 5 rings (SSSR count). The second-order valence-corrected chi connectivity index (χ2v) is 8.86. The molecule has 3 heterocycles. The molecule has 1 saturated heterocycles. The zero-order valence-corrected chi connectivity index (χ0v) is 17.9. The van der Waals surface area contributed by atoms with Crippen LogP contribution < -0.4 is 5.73 Å². The summed E-state index contributed by atoms with van der Waals surface area (Å²) in [6.45, 7) is 3.43. The van der Waals surface area contributed by atoms with Crippen LogP contribution in [0.5, 0.6) is 0 Å². The lowest BCUT2D eigenvalue weighted by atomic mass is 9.78. The molecule has 0 spiro atoms. The lowest BCUT2D eigenvalue weighted by molar-refractivity contribution is 0.0304. The fourth-order valence-corrected chi connectivity index (χ4v) is 5.14. The van der Waals surface area contributed by atoms with Crippen LogP contribution in [0.25, 0.3) is 11.0 Å². The van der Waals surface area contributed by atoms with Gasteiger partial charge in [0, 0.05) is 37.7 Å². The number of anilines is 1. The minimum absolute atomic E-state index is 0.0659. The Hall–Kier alpha value is -2.86. The van der Waals surface area contributed by atoms with Crippen molar-refractivity contribution in [2.45, 2.75) is 38.1 Å². The van der Waals surface area contributed by atoms with Gasteiger partial charge >= 0.3 is 0 Å². The first-order valence-electron chi connectivity index (χ1n) is 11.4. The van der Waals surface area contributed by atoms with Crippen molar-refractivity contribution in [1.82, 2.24) is 14.5 Å². The van der Waals surface area contributed by atoms with E-state index >= 15 is 0 Å². The summed E-state index contributed by atoms with van der Waals surface area (Å²) in [4.78, 5) is 19.6. The molecule has 1 aromatic carbocycles. The number of rotatable bonds is 4. The standard InChI is InChI=1S/C25H30N4O2/c26-21-4-1-3-20(15-21)19-8-6-18(7-9-19)16-29-17-22(24-23(29)5-2-10-27-24)25(30)28-11-13-31-14-12-28/h1-5,10,15,17-19H,6-9,11-14,16,26H2. The molecule has 0 unspecified atom stereocenters. The highest BCUT2D eigenvalue weighted by atomic mass is 16.5. The van der Waals surface area contributed by atoms with E-state index in [0.717, 1.165) is 23.3 Å². The molecule has 2 fully saturated rings. The number of hydrogen-bond acceptors (Lipinski definition) is 4. The maximum atomic E-state index is 13.2. The van der Waals surface area contributed by atoms with Gasteiger partial charge in [-0.3, -0.25) is 9.78 Å². The highest BCUT2D eigenvalue weighted by Gasteiger charge is 2.26. The molecule has 2 N–H and O–H groups in total. The minimum Gasteiger partial charge on any atom is -0.399 e. The molecule has 2 aromatic heterocycles. The van der Waals surface area contributed by atoms with Crippen LogP contribution in [0.1, 0.15) is 47.5 Å². The van der Waals surface area contributed by atoms with E-state index in [9.17, 15) is 4.79 Å². The highest BCUT2D eigenvalue weighted by Crippen LogP contribution is 2.37. The van der Waals surface area contributed by atoms with Gasteiger partial charge in [0.1, 0.15) is 5.52 Å². The van der Waals surface area contributed by atoms with Crippen LogP contribution in [-0.2, 0) is 11.3 Å². The largest absolute Gasteiger partial charge is 0.399 e. The maximum absolute atomic E-state index is 13.2. The van der Waals surface area contributed by atoms with E-state index in [2.05, 4.69) is 33.8 Å². The van der Waals surface area contributed by atoms with Crippen molar-refractivity contribution in [1.29, 1.82) is 0 Å². The van der Waals surface area contributed by atoms with Gasteiger partial charge in [0.2, 0.25) is 0 Å². The number of ether oxygens (including phenoxy) is 1. The zero-order valence-electron chi connectivity index (χ0n) is 17.9. The zero-order chi connectivity index (χ0) is 21.2. The quantitative estimate of drug-likeness (QED) is 0.649. The van der Waals surface area contributed by atoms with E-state index in [0.29, 0.717) is 43.7 Å². The Labute approximate surface area is 183 Å². The Kier molecular flexibility index (Phi) is 5.64. The number of aromatic nitrogens is 2. The monoisotopic (exact) mass is 418 g/mol. The SMILES string of the molecule is Nc1cccc(C2CCC(Cn3cc(C(=O)N4CCOCC4)c4ncccc43)CC2)c1. The Bertz CT molecular complexity index is 1060. The van der Waals surface area contributed by atoms with Crippen molar-refractivity contribution >= 4 is 22.6 Å². The van der Waals surface area contributed by atoms with Crippen LogP contribution in [0.15, 0.2) is 48.8 Å². The van der Waals surface area contributed by atoms with Crippen LogP contribution in [-0.4, -0.2) is 46.7 Å².